The molecule has 0 radical (unpaired) electrons. The van der Waals surface area contributed by atoms with Crippen LogP contribution < -0.4 is 14.7 Å². The van der Waals surface area contributed by atoms with Crippen molar-refractivity contribution in [3.05, 3.63) is 303 Å². The van der Waals surface area contributed by atoms with E-state index in [2.05, 4.69) is 262 Å². The van der Waals surface area contributed by atoms with Crippen LogP contribution in [0.15, 0.2) is 255 Å². The number of para-hydroxylation sites is 4. The van der Waals surface area contributed by atoms with Crippen molar-refractivity contribution in [3.8, 4) is 0 Å². The summed E-state index contributed by atoms with van der Waals surface area (Å²) in [7, 11) is 0. The summed E-state index contributed by atoms with van der Waals surface area (Å²) in [6, 6.07) is 88.7. The van der Waals surface area contributed by atoms with Crippen LogP contribution in [0.4, 0.5) is 51.2 Å². The van der Waals surface area contributed by atoms with Crippen LogP contribution in [0.1, 0.15) is 116 Å². The molecular formula is C77H80Cl3N3. The number of benzene rings is 10. The summed E-state index contributed by atoms with van der Waals surface area (Å²) in [5.41, 5.74) is 17.7. The zero-order valence-electron chi connectivity index (χ0n) is 50.4. The Morgan fingerprint density at radius 1 is 0.241 bits per heavy atom. The van der Waals surface area contributed by atoms with Gasteiger partial charge in [0.25, 0.3) is 0 Å². The molecule has 0 amide bonds. The Labute approximate surface area is 511 Å². The van der Waals surface area contributed by atoms with Gasteiger partial charge in [-0.3, -0.25) is 0 Å². The number of anilines is 9. The summed E-state index contributed by atoms with van der Waals surface area (Å²) >= 11 is 20.0. The molecule has 0 fully saturated rings. The number of hydrogen-bond acceptors (Lipinski definition) is 3. The van der Waals surface area contributed by atoms with Gasteiger partial charge >= 0.3 is 0 Å². The molecule has 0 aliphatic rings. The Morgan fingerprint density at radius 3 is 0.735 bits per heavy atom. The number of hydrogen-bond donors (Lipinski definition) is 0. The van der Waals surface area contributed by atoms with E-state index in [4.69, 9.17) is 34.8 Å². The minimum Gasteiger partial charge on any atom is -0.309 e. The summed E-state index contributed by atoms with van der Waals surface area (Å²) in [4.78, 5) is 6.57. The lowest BCUT2D eigenvalue weighted by Gasteiger charge is -2.31. The molecule has 0 saturated carbocycles. The number of rotatable bonds is 11. The van der Waals surface area contributed by atoms with E-state index in [9.17, 15) is 0 Å². The van der Waals surface area contributed by atoms with Crippen LogP contribution in [-0.2, 0) is 28.1 Å². The second-order valence-corrected chi connectivity index (χ2v) is 26.4. The summed E-state index contributed by atoms with van der Waals surface area (Å²) < 4.78 is 0. The molecule has 10 aromatic carbocycles. The maximum atomic E-state index is 7.42. The minimum atomic E-state index is 0.0706. The van der Waals surface area contributed by atoms with Gasteiger partial charge in [-0.2, -0.15) is 0 Å². The summed E-state index contributed by atoms with van der Waals surface area (Å²) in [6.07, 6.45) is 1.01. The van der Waals surface area contributed by atoms with Crippen molar-refractivity contribution >= 4 is 86.0 Å². The molecule has 0 spiro atoms. The van der Waals surface area contributed by atoms with E-state index in [1.807, 2.05) is 84.9 Å². The topological polar surface area (TPSA) is 9.72 Å². The SMILES string of the molecule is CC(C)(C)c1ccc(Cc2ccc(C(C)(C)C)cc2)cc1.CC(C)(C)c1ccc(N(c2ccc(C(C)(C)C)cc2)c2cccc(N(c3ccccc3)c3ccccc3)c2Cl)cc1.Clc1cccc(N(c2ccccc2)c2ccccc2)c1Cl. The molecule has 10 aromatic rings. The number of halogens is 3. The lowest BCUT2D eigenvalue weighted by Crippen LogP contribution is -2.16. The van der Waals surface area contributed by atoms with Gasteiger partial charge in [0.15, 0.2) is 0 Å². The summed E-state index contributed by atoms with van der Waals surface area (Å²) in [5.74, 6) is 0. The van der Waals surface area contributed by atoms with E-state index in [1.54, 1.807) is 6.07 Å². The van der Waals surface area contributed by atoms with Crippen molar-refractivity contribution in [2.24, 2.45) is 0 Å². The Balaban J connectivity index is 0.000000180. The first-order valence-corrected chi connectivity index (χ1v) is 29.8. The van der Waals surface area contributed by atoms with E-state index in [-0.39, 0.29) is 21.7 Å². The average Bonchev–Trinajstić information content (AvgIpc) is 3.31. The van der Waals surface area contributed by atoms with E-state index in [0.29, 0.717) is 15.1 Å². The molecule has 10 rings (SSSR count). The van der Waals surface area contributed by atoms with Crippen molar-refractivity contribution < 1.29 is 0 Å². The van der Waals surface area contributed by atoms with Gasteiger partial charge in [-0.25, -0.2) is 0 Å². The van der Waals surface area contributed by atoms with Gasteiger partial charge in [0, 0.05) is 34.1 Å². The Hall–Kier alpha value is -7.53. The van der Waals surface area contributed by atoms with E-state index in [0.717, 1.165) is 57.6 Å². The molecule has 424 valence electrons. The standard InChI is InChI=1S/C38H39ClN2.C21H28.C18H13Cl2N/c1-37(2,3)28-20-24-32(25-21-28)41(33-26-22-29(23-27-33)38(4,5)6)35-19-13-18-34(36(35)39)40(30-14-9-7-10-15-30)31-16-11-8-12-17-31;1-20(2,3)18-11-7-16(8-12-18)15-17-9-13-19(14-10-17)21(4,5)6;19-16-12-7-13-17(18(16)20)21(14-8-3-1-4-9-14)15-10-5-2-6-11-15/h7-27H,1-6H3;7-14H,15H2,1-6H3;1-13H. The van der Waals surface area contributed by atoms with E-state index < -0.39 is 0 Å². The third kappa shape index (κ3) is 16.0. The van der Waals surface area contributed by atoms with Gasteiger partial charge < -0.3 is 14.7 Å². The van der Waals surface area contributed by atoms with Crippen molar-refractivity contribution in [2.75, 3.05) is 14.7 Å². The van der Waals surface area contributed by atoms with Crippen molar-refractivity contribution in [3.63, 3.8) is 0 Å². The van der Waals surface area contributed by atoms with Gasteiger partial charge in [0.2, 0.25) is 0 Å². The monoisotopic (exact) mass is 1150 g/mol. The summed E-state index contributed by atoms with van der Waals surface area (Å²) in [5, 5.41) is 1.78. The highest BCUT2D eigenvalue weighted by Gasteiger charge is 2.24. The van der Waals surface area contributed by atoms with Crippen LogP contribution in [0.5, 0.6) is 0 Å². The normalized spacial score (nSPS) is 11.6. The molecule has 0 saturated heterocycles. The second-order valence-electron chi connectivity index (χ2n) is 25.2. The van der Waals surface area contributed by atoms with Gasteiger partial charge in [-0.05, 0) is 159 Å². The van der Waals surface area contributed by atoms with Gasteiger partial charge in [-0.15, -0.1) is 0 Å². The van der Waals surface area contributed by atoms with Crippen molar-refractivity contribution in [2.45, 2.75) is 111 Å². The van der Waals surface area contributed by atoms with Gasteiger partial charge in [-0.1, -0.05) is 276 Å². The predicted octanol–water partition coefficient (Wildman–Crippen LogP) is 24.2. The fourth-order valence-corrected chi connectivity index (χ4v) is 10.5. The fourth-order valence-electron chi connectivity index (χ4n) is 9.81. The molecule has 0 heterocycles. The zero-order chi connectivity index (χ0) is 59.5. The predicted molar refractivity (Wildman–Crippen MR) is 362 cm³/mol. The molecule has 6 heteroatoms. The van der Waals surface area contributed by atoms with Crippen LogP contribution in [-0.4, -0.2) is 0 Å². The molecule has 0 bridgehead atoms. The summed E-state index contributed by atoms with van der Waals surface area (Å²) in [6.45, 7) is 27.0. The van der Waals surface area contributed by atoms with E-state index in [1.165, 1.54) is 33.4 Å². The van der Waals surface area contributed by atoms with Crippen molar-refractivity contribution in [1.29, 1.82) is 0 Å². The van der Waals surface area contributed by atoms with Crippen molar-refractivity contribution in [1.82, 2.24) is 0 Å². The first-order chi connectivity index (χ1) is 39.5. The highest BCUT2D eigenvalue weighted by atomic mass is 35.5. The number of nitrogens with zero attached hydrogens (tertiary/aromatic N) is 3. The zero-order valence-corrected chi connectivity index (χ0v) is 52.7. The fraction of sp³-hybridized carbons (Fsp3) is 0.221. The first-order valence-electron chi connectivity index (χ1n) is 28.7. The lowest BCUT2D eigenvalue weighted by molar-refractivity contribution is 0.589. The molecular weight excluding hydrogens is 1070 g/mol. The highest BCUT2D eigenvalue weighted by Crippen LogP contribution is 2.47. The van der Waals surface area contributed by atoms with Crippen LogP contribution >= 0.6 is 34.8 Å². The molecule has 0 aliphatic carbocycles. The molecule has 0 aliphatic heterocycles. The van der Waals surface area contributed by atoms with Gasteiger partial charge in [0.1, 0.15) is 0 Å². The molecule has 3 nitrogen and oxygen atoms in total. The smallest absolute Gasteiger partial charge is 0.0887 e. The van der Waals surface area contributed by atoms with Crippen LogP contribution in [0.3, 0.4) is 0 Å². The molecule has 0 N–H and O–H groups in total. The second kappa shape index (κ2) is 26.8. The molecule has 0 unspecified atom stereocenters. The van der Waals surface area contributed by atoms with E-state index >= 15 is 0 Å². The van der Waals surface area contributed by atoms with Crippen LogP contribution in [0, 0.1) is 0 Å². The first kappa shape index (κ1) is 61.5. The highest BCUT2D eigenvalue weighted by molar-refractivity contribution is 6.44. The Morgan fingerprint density at radius 2 is 0.470 bits per heavy atom. The Kier molecular flexibility index (Phi) is 19.9. The van der Waals surface area contributed by atoms with Gasteiger partial charge in [0.05, 0.1) is 32.1 Å². The third-order valence-corrected chi connectivity index (χ3v) is 15.9. The van der Waals surface area contributed by atoms with Crippen LogP contribution in [0.25, 0.3) is 0 Å². The maximum Gasteiger partial charge on any atom is 0.0887 e. The maximum absolute atomic E-state index is 7.42. The molecule has 0 aromatic heterocycles. The lowest BCUT2D eigenvalue weighted by atomic mass is 9.85. The largest absolute Gasteiger partial charge is 0.309 e. The molecule has 0 atom stereocenters. The quantitative estimate of drug-likeness (QED) is 0.128. The molecule has 83 heavy (non-hydrogen) atoms. The minimum absolute atomic E-state index is 0.0706. The third-order valence-electron chi connectivity index (χ3n) is 14.7. The average molecular weight is 1150 g/mol. The van der Waals surface area contributed by atoms with Crippen LogP contribution in [0.2, 0.25) is 15.1 Å². The Bertz CT molecular complexity index is 3420.